The summed E-state index contributed by atoms with van der Waals surface area (Å²) in [6, 6.07) is 12.7. The van der Waals surface area contributed by atoms with Crippen LogP contribution < -0.4 is 15.8 Å². The molecule has 4 aromatic rings. The lowest BCUT2D eigenvalue weighted by Gasteiger charge is -2.26. The average molecular weight is 566 g/mol. The van der Waals surface area contributed by atoms with E-state index in [9.17, 15) is 8.42 Å². The second kappa shape index (κ2) is 11.4. The van der Waals surface area contributed by atoms with Gasteiger partial charge in [-0.05, 0) is 80.0 Å². The highest BCUT2D eigenvalue weighted by Crippen LogP contribution is 2.31. The van der Waals surface area contributed by atoms with Gasteiger partial charge in [0.05, 0.1) is 16.2 Å². The molecule has 4 N–H and O–H groups in total. The van der Waals surface area contributed by atoms with Crippen molar-refractivity contribution in [3.8, 4) is 11.3 Å². The molecule has 0 amide bonds. The Morgan fingerprint density at radius 3 is 2.46 bits per heavy atom. The number of nitrogens with one attached hydrogen (secondary N) is 2. The van der Waals surface area contributed by atoms with Gasteiger partial charge < -0.3 is 11.1 Å². The minimum Gasteiger partial charge on any atom is -0.351 e. The highest BCUT2D eigenvalue weighted by Gasteiger charge is 2.21. The SMILES string of the molecule is CCc1cc(NS(=O)(=O)c2ccccc2Cl)nnc1-c1cc(CC)c2nc(NC3CCC(N)CC3)ncc2c1. The van der Waals surface area contributed by atoms with Crippen LogP contribution in [0.4, 0.5) is 11.8 Å². The van der Waals surface area contributed by atoms with Gasteiger partial charge in [0, 0.05) is 29.2 Å². The first-order chi connectivity index (χ1) is 18.8. The first-order valence-corrected chi connectivity index (χ1v) is 15.1. The van der Waals surface area contributed by atoms with Crippen molar-refractivity contribution >= 4 is 44.3 Å². The number of anilines is 2. The van der Waals surface area contributed by atoms with Crippen molar-refractivity contribution in [1.82, 2.24) is 20.2 Å². The summed E-state index contributed by atoms with van der Waals surface area (Å²) in [6.45, 7) is 4.09. The van der Waals surface area contributed by atoms with Crippen molar-refractivity contribution in [3.63, 3.8) is 0 Å². The van der Waals surface area contributed by atoms with Crippen LogP contribution in [0.5, 0.6) is 0 Å². The van der Waals surface area contributed by atoms with Gasteiger partial charge in [0.15, 0.2) is 5.82 Å². The fourth-order valence-corrected chi connectivity index (χ4v) is 6.50. The third-order valence-electron chi connectivity index (χ3n) is 7.14. The summed E-state index contributed by atoms with van der Waals surface area (Å²) in [5.41, 5.74) is 10.5. The van der Waals surface area contributed by atoms with Crippen LogP contribution in [0.2, 0.25) is 5.02 Å². The number of aromatic nitrogens is 4. The van der Waals surface area contributed by atoms with Crippen LogP contribution in [0.3, 0.4) is 0 Å². The van der Waals surface area contributed by atoms with E-state index in [1.165, 1.54) is 12.1 Å². The van der Waals surface area contributed by atoms with E-state index in [0.29, 0.717) is 30.1 Å². The number of nitrogens with zero attached hydrogens (tertiary/aromatic N) is 4. The first-order valence-electron chi connectivity index (χ1n) is 13.2. The van der Waals surface area contributed by atoms with Crippen molar-refractivity contribution in [2.45, 2.75) is 69.4 Å². The molecule has 1 aliphatic carbocycles. The fourth-order valence-electron chi connectivity index (χ4n) is 4.99. The first kappa shape index (κ1) is 27.2. The van der Waals surface area contributed by atoms with Crippen LogP contribution >= 0.6 is 11.6 Å². The molecule has 2 heterocycles. The minimum absolute atomic E-state index is 0.0152. The molecule has 0 unspecified atom stereocenters. The van der Waals surface area contributed by atoms with Crippen LogP contribution in [0.25, 0.3) is 22.2 Å². The molecule has 0 aliphatic heterocycles. The quantitative estimate of drug-likeness (QED) is 0.260. The second-order valence-corrected chi connectivity index (χ2v) is 11.9. The van der Waals surface area contributed by atoms with E-state index < -0.39 is 10.0 Å². The molecule has 0 spiro atoms. The largest absolute Gasteiger partial charge is 0.351 e. The average Bonchev–Trinajstić information content (AvgIpc) is 2.93. The lowest BCUT2D eigenvalue weighted by atomic mass is 9.92. The van der Waals surface area contributed by atoms with Gasteiger partial charge in [0.2, 0.25) is 5.95 Å². The molecule has 11 heteroatoms. The van der Waals surface area contributed by atoms with E-state index in [1.807, 2.05) is 19.2 Å². The van der Waals surface area contributed by atoms with Crippen LogP contribution in [0.15, 0.2) is 53.6 Å². The Balaban J connectivity index is 1.44. The summed E-state index contributed by atoms with van der Waals surface area (Å²) in [5, 5.41) is 13.2. The van der Waals surface area contributed by atoms with Crippen molar-refractivity contribution in [1.29, 1.82) is 0 Å². The number of hydrogen-bond acceptors (Lipinski definition) is 8. The van der Waals surface area contributed by atoms with Gasteiger partial charge in [0.1, 0.15) is 4.90 Å². The number of benzene rings is 2. The molecule has 2 aromatic carbocycles. The molecule has 0 bridgehead atoms. The Bertz CT molecular complexity index is 1610. The third-order valence-corrected chi connectivity index (χ3v) is 8.99. The lowest BCUT2D eigenvalue weighted by molar-refractivity contribution is 0.410. The topological polar surface area (TPSA) is 136 Å². The normalized spacial score (nSPS) is 17.7. The van der Waals surface area contributed by atoms with Crippen molar-refractivity contribution in [3.05, 3.63) is 64.8 Å². The Labute approximate surface area is 233 Å². The van der Waals surface area contributed by atoms with Crippen molar-refractivity contribution < 1.29 is 8.42 Å². The molecular formula is C28H32ClN7O2S. The van der Waals surface area contributed by atoms with E-state index >= 15 is 0 Å². The third kappa shape index (κ3) is 5.98. The van der Waals surface area contributed by atoms with Gasteiger partial charge in [0.25, 0.3) is 10.0 Å². The van der Waals surface area contributed by atoms with Gasteiger partial charge in [-0.2, -0.15) is 0 Å². The van der Waals surface area contributed by atoms with Gasteiger partial charge in [-0.25, -0.2) is 18.4 Å². The molecule has 39 heavy (non-hydrogen) atoms. The maximum absolute atomic E-state index is 12.9. The molecule has 1 aliphatic rings. The Hall–Kier alpha value is -3.34. The maximum Gasteiger partial charge on any atom is 0.264 e. The predicted molar refractivity (Wildman–Crippen MR) is 155 cm³/mol. The van der Waals surface area contributed by atoms with Gasteiger partial charge in [-0.15, -0.1) is 10.2 Å². The second-order valence-electron chi connectivity index (χ2n) is 9.87. The molecule has 1 saturated carbocycles. The van der Waals surface area contributed by atoms with Crippen molar-refractivity contribution in [2.24, 2.45) is 5.73 Å². The molecule has 1 fully saturated rings. The zero-order valence-electron chi connectivity index (χ0n) is 22.0. The minimum atomic E-state index is -3.92. The fraction of sp³-hybridized carbons (Fsp3) is 0.357. The van der Waals surface area contributed by atoms with E-state index in [-0.39, 0.29) is 15.7 Å². The molecule has 2 aromatic heterocycles. The molecule has 0 saturated heterocycles. The molecule has 204 valence electrons. The van der Waals surface area contributed by atoms with E-state index in [4.69, 9.17) is 22.3 Å². The number of rotatable bonds is 8. The highest BCUT2D eigenvalue weighted by atomic mass is 35.5. The molecule has 0 radical (unpaired) electrons. The summed E-state index contributed by atoms with van der Waals surface area (Å²) in [5.74, 6) is 0.768. The lowest BCUT2D eigenvalue weighted by Crippen LogP contribution is -2.33. The van der Waals surface area contributed by atoms with Gasteiger partial charge >= 0.3 is 0 Å². The van der Waals surface area contributed by atoms with E-state index in [0.717, 1.165) is 59.7 Å². The molecule has 5 rings (SSSR count). The number of fused-ring (bicyclic) bond motifs is 1. The van der Waals surface area contributed by atoms with Crippen LogP contribution in [-0.4, -0.2) is 40.7 Å². The van der Waals surface area contributed by atoms with E-state index in [1.54, 1.807) is 18.2 Å². The van der Waals surface area contributed by atoms with Gasteiger partial charge in [-0.3, -0.25) is 4.72 Å². The van der Waals surface area contributed by atoms with Crippen LogP contribution in [0.1, 0.15) is 50.7 Å². The number of hydrogen-bond donors (Lipinski definition) is 3. The standard InChI is InChI=1S/C28H32ClN7O2S/c1-3-17-13-19(14-20-16-31-28(33-26(17)20)32-22-11-9-21(30)10-12-22)27-18(4-2)15-25(34-35-27)36-39(37,38)24-8-6-5-7-23(24)29/h5-8,13-16,21-22H,3-4,9-12,30H2,1-2H3,(H,34,36)(H,31,32,33). The summed E-state index contributed by atoms with van der Waals surface area (Å²) < 4.78 is 28.3. The highest BCUT2D eigenvalue weighted by molar-refractivity contribution is 7.92. The molecule has 9 nitrogen and oxygen atoms in total. The summed E-state index contributed by atoms with van der Waals surface area (Å²) in [4.78, 5) is 9.42. The summed E-state index contributed by atoms with van der Waals surface area (Å²) in [6.07, 6.45) is 7.31. The zero-order valence-corrected chi connectivity index (χ0v) is 23.6. The summed E-state index contributed by atoms with van der Waals surface area (Å²) in [7, 11) is -3.92. The van der Waals surface area contributed by atoms with E-state index in [2.05, 4.69) is 38.2 Å². The van der Waals surface area contributed by atoms with Crippen molar-refractivity contribution in [2.75, 3.05) is 10.0 Å². The number of halogens is 1. The maximum atomic E-state index is 12.9. The van der Waals surface area contributed by atoms with Crippen LogP contribution in [0, 0.1) is 0 Å². The van der Waals surface area contributed by atoms with Gasteiger partial charge in [-0.1, -0.05) is 37.6 Å². The number of sulfonamides is 1. The smallest absolute Gasteiger partial charge is 0.264 e. The summed E-state index contributed by atoms with van der Waals surface area (Å²) >= 11 is 6.10. The zero-order chi connectivity index (χ0) is 27.6. The predicted octanol–water partition coefficient (Wildman–Crippen LogP) is 5.35. The van der Waals surface area contributed by atoms with Crippen LogP contribution in [-0.2, 0) is 22.9 Å². The number of aryl methyl sites for hydroxylation is 2. The Kier molecular flexibility index (Phi) is 7.97. The molecular weight excluding hydrogens is 534 g/mol. The Morgan fingerprint density at radius 2 is 1.74 bits per heavy atom. The number of nitrogens with two attached hydrogens (primary N) is 1. The monoisotopic (exact) mass is 565 g/mol. The molecule has 0 atom stereocenters. The Morgan fingerprint density at radius 1 is 1.00 bits per heavy atom.